The first kappa shape index (κ1) is 15.4. The Morgan fingerprint density at radius 2 is 2.19 bits per heavy atom. The van der Waals surface area contributed by atoms with Crippen LogP contribution in [0.4, 0.5) is 0 Å². The topological polar surface area (TPSA) is 71.5 Å². The Morgan fingerprint density at radius 3 is 2.81 bits per heavy atom. The number of carbonyl (C=O) groups excluding carboxylic acids is 2. The van der Waals surface area contributed by atoms with Gasteiger partial charge in [-0.05, 0) is 30.9 Å². The second-order valence-electron chi connectivity index (χ2n) is 5.21. The van der Waals surface area contributed by atoms with Gasteiger partial charge >= 0.3 is 0 Å². The molecule has 1 fully saturated rings. The lowest BCUT2D eigenvalue weighted by molar-refractivity contribution is -0.136. The molecular weight excluding hydrogens is 270 g/mol. The van der Waals surface area contributed by atoms with Gasteiger partial charge in [0.05, 0.1) is 5.56 Å². The highest BCUT2D eigenvalue weighted by atomic mass is 16.5. The fraction of sp³-hybridized carbons (Fsp3) is 0.533. The maximum atomic E-state index is 11.9. The Morgan fingerprint density at radius 1 is 1.43 bits per heavy atom. The lowest BCUT2D eigenvalue weighted by atomic mass is 9.96. The number of ether oxygens (including phenoxy) is 1. The standard InChI is InChI=1S/C15H21N3O3/c1-21-11-14(19)18-7-4-12(5-8-18)9-17-15(20)13-3-2-6-16-10-13/h2-3,6,10,12H,4-5,7-9,11H2,1H3,(H,17,20). The molecule has 2 heterocycles. The normalized spacial score (nSPS) is 15.8. The van der Waals surface area contributed by atoms with Crippen LogP contribution in [-0.2, 0) is 9.53 Å². The van der Waals surface area contributed by atoms with Crippen LogP contribution in [-0.4, -0.2) is 55.0 Å². The molecule has 6 heteroatoms. The van der Waals surface area contributed by atoms with E-state index in [1.54, 1.807) is 24.5 Å². The van der Waals surface area contributed by atoms with Gasteiger partial charge in [0, 0.05) is 39.1 Å². The van der Waals surface area contributed by atoms with Gasteiger partial charge in [-0.25, -0.2) is 0 Å². The van der Waals surface area contributed by atoms with E-state index in [-0.39, 0.29) is 18.4 Å². The molecule has 0 bridgehead atoms. The summed E-state index contributed by atoms with van der Waals surface area (Å²) in [7, 11) is 1.53. The number of hydrogen-bond acceptors (Lipinski definition) is 4. The molecular formula is C15H21N3O3. The number of aromatic nitrogens is 1. The van der Waals surface area contributed by atoms with E-state index in [2.05, 4.69) is 10.3 Å². The predicted octanol–water partition coefficient (Wildman–Crippen LogP) is 0.696. The van der Waals surface area contributed by atoms with E-state index in [4.69, 9.17) is 4.74 Å². The van der Waals surface area contributed by atoms with E-state index in [1.807, 2.05) is 4.90 Å². The third-order valence-corrected chi connectivity index (χ3v) is 3.71. The van der Waals surface area contributed by atoms with Crippen molar-refractivity contribution in [3.05, 3.63) is 30.1 Å². The first-order chi connectivity index (χ1) is 10.2. The Labute approximate surface area is 124 Å². The van der Waals surface area contributed by atoms with Gasteiger partial charge in [-0.15, -0.1) is 0 Å². The average molecular weight is 291 g/mol. The van der Waals surface area contributed by atoms with Crippen LogP contribution in [0.1, 0.15) is 23.2 Å². The predicted molar refractivity (Wildman–Crippen MR) is 77.8 cm³/mol. The van der Waals surface area contributed by atoms with Crippen LogP contribution < -0.4 is 5.32 Å². The van der Waals surface area contributed by atoms with E-state index < -0.39 is 0 Å². The molecule has 0 radical (unpaired) electrons. The highest BCUT2D eigenvalue weighted by molar-refractivity contribution is 5.93. The van der Waals surface area contributed by atoms with Gasteiger partial charge in [-0.3, -0.25) is 14.6 Å². The molecule has 2 rings (SSSR count). The van der Waals surface area contributed by atoms with Crippen molar-refractivity contribution < 1.29 is 14.3 Å². The maximum absolute atomic E-state index is 11.9. The number of methoxy groups -OCH3 is 1. The van der Waals surface area contributed by atoms with Crippen molar-refractivity contribution in [1.29, 1.82) is 0 Å². The number of likely N-dealkylation sites (tertiary alicyclic amines) is 1. The molecule has 21 heavy (non-hydrogen) atoms. The number of hydrogen-bond donors (Lipinski definition) is 1. The number of carbonyl (C=O) groups is 2. The second kappa shape index (κ2) is 7.73. The highest BCUT2D eigenvalue weighted by Gasteiger charge is 2.22. The summed E-state index contributed by atoms with van der Waals surface area (Å²) in [6.07, 6.45) is 5.01. The summed E-state index contributed by atoms with van der Waals surface area (Å²) in [5, 5.41) is 2.93. The molecule has 1 aliphatic heterocycles. The molecule has 1 saturated heterocycles. The minimum absolute atomic E-state index is 0.0374. The van der Waals surface area contributed by atoms with Crippen LogP contribution in [0.2, 0.25) is 0 Å². The van der Waals surface area contributed by atoms with Gasteiger partial charge in [-0.2, -0.15) is 0 Å². The highest BCUT2D eigenvalue weighted by Crippen LogP contribution is 2.16. The van der Waals surface area contributed by atoms with Gasteiger partial charge in [0.2, 0.25) is 5.91 Å². The van der Waals surface area contributed by atoms with Crippen LogP contribution in [0.3, 0.4) is 0 Å². The van der Waals surface area contributed by atoms with E-state index >= 15 is 0 Å². The fourth-order valence-electron chi connectivity index (χ4n) is 2.44. The largest absolute Gasteiger partial charge is 0.375 e. The summed E-state index contributed by atoms with van der Waals surface area (Å²) in [4.78, 5) is 29.3. The van der Waals surface area contributed by atoms with E-state index in [0.717, 1.165) is 25.9 Å². The summed E-state index contributed by atoms with van der Waals surface area (Å²) in [5.41, 5.74) is 0.574. The molecule has 2 amide bonds. The average Bonchev–Trinajstić information content (AvgIpc) is 2.54. The molecule has 114 valence electrons. The quantitative estimate of drug-likeness (QED) is 0.866. The van der Waals surface area contributed by atoms with Crippen LogP contribution in [0.5, 0.6) is 0 Å². The zero-order valence-electron chi connectivity index (χ0n) is 12.2. The molecule has 6 nitrogen and oxygen atoms in total. The molecule has 1 N–H and O–H groups in total. The molecule has 1 aromatic rings. The third kappa shape index (κ3) is 4.53. The van der Waals surface area contributed by atoms with Gasteiger partial charge in [-0.1, -0.05) is 0 Å². The number of nitrogens with one attached hydrogen (secondary N) is 1. The van der Waals surface area contributed by atoms with Crippen molar-refractivity contribution in [3.8, 4) is 0 Å². The number of nitrogens with zero attached hydrogens (tertiary/aromatic N) is 2. The summed E-state index contributed by atoms with van der Waals surface area (Å²) in [6, 6.07) is 3.49. The molecule has 0 spiro atoms. The summed E-state index contributed by atoms with van der Waals surface area (Å²) in [6.45, 7) is 2.24. The Hall–Kier alpha value is -1.95. The minimum Gasteiger partial charge on any atom is -0.375 e. The Balaban J connectivity index is 1.72. The minimum atomic E-state index is -0.0963. The summed E-state index contributed by atoms with van der Waals surface area (Å²) >= 11 is 0. The van der Waals surface area contributed by atoms with E-state index in [0.29, 0.717) is 18.0 Å². The molecule has 1 aliphatic rings. The summed E-state index contributed by atoms with van der Waals surface area (Å²) in [5.74, 6) is 0.355. The number of pyridine rings is 1. The Kier molecular flexibility index (Phi) is 5.68. The van der Waals surface area contributed by atoms with E-state index in [1.165, 1.54) is 7.11 Å². The van der Waals surface area contributed by atoms with Crippen molar-refractivity contribution in [3.63, 3.8) is 0 Å². The lowest BCUT2D eigenvalue weighted by Gasteiger charge is -2.31. The Bertz CT molecular complexity index is 470. The molecule has 1 aromatic heterocycles. The number of piperidine rings is 1. The monoisotopic (exact) mass is 291 g/mol. The van der Waals surface area contributed by atoms with Crippen LogP contribution >= 0.6 is 0 Å². The first-order valence-electron chi connectivity index (χ1n) is 7.15. The van der Waals surface area contributed by atoms with Crippen molar-refractivity contribution in [1.82, 2.24) is 15.2 Å². The summed E-state index contributed by atoms with van der Waals surface area (Å²) < 4.78 is 4.86. The number of rotatable bonds is 5. The number of amides is 2. The van der Waals surface area contributed by atoms with E-state index in [9.17, 15) is 9.59 Å². The van der Waals surface area contributed by atoms with Gasteiger partial charge in [0.25, 0.3) is 5.91 Å². The molecule has 0 aromatic carbocycles. The smallest absolute Gasteiger partial charge is 0.252 e. The molecule has 0 saturated carbocycles. The zero-order chi connectivity index (χ0) is 15.1. The fourth-order valence-corrected chi connectivity index (χ4v) is 2.44. The molecule has 0 atom stereocenters. The van der Waals surface area contributed by atoms with Crippen LogP contribution in [0.15, 0.2) is 24.5 Å². The molecule has 0 unspecified atom stereocenters. The van der Waals surface area contributed by atoms with Crippen molar-refractivity contribution in [2.45, 2.75) is 12.8 Å². The molecule has 0 aliphatic carbocycles. The lowest BCUT2D eigenvalue weighted by Crippen LogP contribution is -2.42. The third-order valence-electron chi connectivity index (χ3n) is 3.71. The van der Waals surface area contributed by atoms with Crippen molar-refractivity contribution in [2.75, 3.05) is 33.4 Å². The van der Waals surface area contributed by atoms with Crippen molar-refractivity contribution >= 4 is 11.8 Å². The maximum Gasteiger partial charge on any atom is 0.252 e. The van der Waals surface area contributed by atoms with Crippen LogP contribution in [0.25, 0.3) is 0 Å². The van der Waals surface area contributed by atoms with Crippen LogP contribution in [0, 0.1) is 5.92 Å². The van der Waals surface area contributed by atoms with Crippen molar-refractivity contribution in [2.24, 2.45) is 5.92 Å². The second-order valence-corrected chi connectivity index (χ2v) is 5.21. The van der Waals surface area contributed by atoms with Gasteiger partial charge in [0.1, 0.15) is 6.61 Å². The zero-order valence-corrected chi connectivity index (χ0v) is 12.2. The first-order valence-corrected chi connectivity index (χ1v) is 7.15. The van der Waals surface area contributed by atoms with Gasteiger partial charge in [0.15, 0.2) is 0 Å². The SMILES string of the molecule is COCC(=O)N1CCC(CNC(=O)c2cccnc2)CC1. The van der Waals surface area contributed by atoms with Gasteiger partial charge < -0.3 is 15.0 Å².